The molecule has 0 saturated carbocycles. The Bertz CT molecular complexity index is 2380. The molecule has 0 N–H and O–H groups in total. The van der Waals surface area contributed by atoms with Gasteiger partial charge in [0.05, 0.1) is 22.3 Å². The number of hydrogen-bond donors (Lipinski definition) is 0. The van der Waals surface area contributed by atoms with Crippen LogP contribution in [0.4, 0.5) is 17.1 Å². The predicted molar refractivity (Wildman–Crippen MR) is 204 cm³/mol. The maximum atomic E-state index is 5.00. The third-order valence-corrected chi connectivity index (χ3v) is 11.5. The average molecular weight is 646 g/mol. The van der Waals surface area contributed by atoms with E-state index in [2.05, 4.69) is 171 Å². The zero-order valence-corrected chi connectivity index (χ0v) is 28.7. The van der Waals surface area contributed by atoms with Crippen molar-refractivity contribution in [2.45, 2.75) is 44.6 Å². The van der Waals surface area contributed by atoms with Crippen LogP contribution in [-0.2, 0) is 10.8 Å². The smallest absolute Gasteiger partial charge is 0.209 e. The molecule has 0 bridgehead atoms. The highest BCUT2D eigenvalue weighted by Crippen LogP contribution is 2.52. The van der Waals surface area contributed by atoms with Crippen LogP contribution in [0.5, 0.6) is 0 Å². The van der Waals surface area contributed by atoms with Gasteiger partial charge in [0.15, 0.2) is 12.4 Å². The highest BCUT2D eigenvalue weighted by Gasteiger charge is 2.41. The molecular weight excluding hydrogens is 609 g/mol. The lowest BCUT2D eigenvalue weighted by Crippen LogP contribution is -2.45. The Kier molecular flexibility index (Phi) is 6.00. The molecule has 1 aliphatic heterocycles. The van der Waals surface area contributed by atoms with E-state index in [1.807, 2.05) is 12.4 Å². The fourth-order valence-corrected chi connectivity index (χ4v) is 9.12. The molecule has 0 unspecified atom stereocenters. The molecule has 0 radical (unpaired) electrons. The van der Waals surface area contributed by atoms with Crippen molar-refractivity contribution >= 4 is 49.6 Å². The molecular formula is C46H37N4+. The van der Waals surface area contributed by atoms with Crippen molar-refractivity contribution in [3.8, 4) is 0 Å². The third-order valence-electron chi connectivity index (χ3n) is 11.5. The van der Waals surface area contributed by atoms with Crippen molar-refractivity contribution in [3.63, 3.8) is 0 Å². The lowest BCUT2D eigenvalue weighted by molar-refractivity contribution is -0.704. The first-order valence-electron chi connectivity index (χ1n) is 17.5. The van der Waals surface area contributed by atoms with Gasteiger partial charge in [-0.05, 0) is 51.9 Å². The molecule has 0 spiro atoms. The van der Waals surface area contributed by atoms with Gasteiger partial charge >= 0.3 is 0 Å². The number of para-hydroxylation sites is 2. The van der Waals surface area contributed by atoms with Crippen LogP contribution in [0.2, 0.25) is 0 Å². The molecule has 50 heavy (non-hydrogen) atoms. The molecule has 0 amide bonds. The summed E-state index contributed by atoms with van der Waals surface area (Å²) < 4.78 is 2.38. The minimum atomic E-state index is -0.112. The summed E-state index contributed by atoms with van der Waals surface area (Å²) in [7, 11) is 0. The molecule has 0 saturated heterocycles. The Labute approximate surface area is 292 Å². The van der Waals surface area contributed by atoms with E-state index in [0.29, 0.717) is 0 Å². The lowest BCUT2D eigenvalue weighted by atomic mass is 9.67. The number of benzene rings is 6. The van der Waals surface area contributed by atoms with Crippen molar-refractivity contribution in [2.24, 2.45) is 0 Å². The molecule has 2 aromatic heterocycles. The van der Waals surface area contributed by atoms with Crippen LogP contribution in [0, 0.1) is 0 Å². The summed E-state index contributed by atoms with van der Waals surface area (Å²) >= 11 is 0. The summed E-state index contributed by atoms with van der Waals surface area (Å²) in [6.07, 6.45) is 8.20. The first kappa shape index (κ1) is 29.1. The first-order chi connectivity index (χ1) is 24.3. The van der Waals surface area contributed by atoms with E-state index < -0.39 is 0 Å². The van der Waals surface area contributed by atoms with Crippen molar-refractivity contribution in [3.05, 3.63) is 179 Å². The van der Waals surface area contributed by atoms with Gasteiger partial charge < -0.3 is 4.90 Å². The third kappa shape index (κ3) is 3.90. The summed E-state index contributed by atoms with van der Waals surface area (Å²) in [4.78, 5) is 12.4. The van der Waals surface area contributed by atoms with E-state index in [1.165, 1.54) is 55.5 Å². The topological polar surface area (TPSA) is 32.9 Å². The first-order valence-corrected chi connectivity index (χ1v) is 17.5. The monoisotopic (exact) mass is 645 g/mol. The minimum absolute atomic E-state index is 0.0492. The Morgan fingerprint density at radius 1 is 0.520 bits per heavy atom. The quantitative estimate of drug-likeness (QED) is 0.139. The standard InChI is InChI=1S/C46H37N4/c1-45(2)36-15-7-5-13-32(36)44(33-14-6-8-16-37(33)45)49-26-23-31-30-22-21-29(27-34(30)42-43(35(31)28-49)48-25-24-47-42)50-40-19-11-9-17-38(40)46(3,4)39-18-10-12-20-41(39)50/h5-28,44H,1-4H3/q+1. The predicted octanol–water partition coefficient (Wildman–Crippen LogP) is 10.6. The lowest BCUT2D eigenvalue weighted by Gasteiger charge is -2.42. The Morgan fingerprint density at radius 3 is 1.64 bits per heavy atom. The number of rotatable bonds is 2. The van der Waals surface area contributed by atoms with Crippen molar-refractivity contribution in [1.82, 2.24) is 9.97 Å². The van der Waals surface area contributed by atoms with Gasteiger partial charge in [-0.3, -0.25) is 9.97 Å². The molecule has 4 heteroatoms. The molecule has 2 aliphatic rings. The minimum Gasteiger partial charge on any atom is -0.310 e. The van der Waals surface area contributed by atoms with Gasteiger partial charge in [0.25, 0.3) is 0 Å². The second-order valence-electron chi connectivity index (χ2n) is 14.9. The van der Waals surface area contributed by atoms with E-state index in [9.17, 15) is 0 Å². The summed E-state index contributed by atoms with van der Waals surface area (Å²) in [6.45, 7) is 9.35. The highest BCUT2D eigenvalue weighted by atomic mass is 15.2. The van der Waals surface area contributed by atoms with Gasteiger partial charge in [-0.1, -0.05) is 119 Å². The van der Waals surface area contributed by atoms with Crippen molar-refractivity contribution in [1.29, 1.82) is 0 Å². The maximum absolute atomic E-state index is 5.00. The molecule has 8 aromatic rings. The van der Waals surface area contributed by atoms with Crippen LogP contribution < -0.4 is 9.47 Å². The largest absolute Gasteiger partial charge is 0.310 e. The van der Waals surface area contributed by atoms with Gasteiger partial charge in [0.1, 0.15) is 5.52 Å². The number of hydrogen-bond acceptors (Lipinski definition) is 3. The average Bonchev–Trinajstić information content (AvgIpc) is 3.15. The zero-order valence-electron chi connectivity index (χ0n) is 28.7. The Hall–Kier alpha value is -5.87. The van der Waals surface area contributed by atoms with E-state index in [4.69, 9.17) is 9.97 Å². The van der Waals surface area contributed by atoms with Gasteiger partial charge in [-0.15, -0.1) is 0 Å². The number of nitrogens with zero attached hydrogens (tertiary/aromatic N) is 4. The fraction of sp³-hybridized carbons (Fsp3) is 0.152. The van der Waals surface area contributed by atoms with Gasteiger partial charge in [-0.2, -0.15) is 4.57 Å². The van der Waals surface area contributed by atoms with Gasteiger partial charge in [0, 0.05) is 56.9 Å². The van der Waals surface area contributed by atoms with Crippen molar-refractivity contribution < 1.29 is 4.57 Å². The number of aromatic nitrogens is 3. The zero-order chi connectivity index (χ0) is 33.8. The van der Waals surface area contributed by atoms with E-state index >= 15 is 0 Å². The highest BCUT2D eigenvalue weighted by molar-refractivity contribution is 6.23. The summed E-state index contributed by atoms with van der Waals surface area (Å²) in [5, 5.41) is 4.55. The van der Waals surface area contributed by atoms with Crippen molar-refractivity contribution in [2.75, 3.05) is 4.90 Å². The molecule has 240 valence electrons. The fourth-order valence-electron chi connectivity index (χ4n) is 9.12. The second-order valence-corrected chi connectivity index (χ2v) is 14.9. The van der Waals surface area contributed by atoms with Crippen LogP contribution >= 0.6 is 0 Å². The maximum Gasteiger partial charge on any atom is 0.209 e. The van der Waals surface area contributed by atoms with E-state index in [0.717, 1.165) is 27.5 Å². The van der Waals surface area contributed by atoms with Crippen LogP contribution in [0.3, 0.4) is 0 Å². The molecule has 6 aromatic carbocycles. The molecule has 0 atom stereocenters. The Balaban J connectivity index is 1.20. The normalized spacial score (nSPS) is 15.8. The second kappa shape index (κ2) is 10.3. The molecule has 0 fully saturated rings. The van der Waals surface area contributed by atoms with Gasteiger partial charge in [0.2, 0.25) is 6.04 Å². The van der Waals surface area contributed by atoms with Crippen LogP contribution in [-0.4, -0.2) is 9.97 Å². The van der Waals surface area contributed by atoms with Gasteiger partial charge in [-0.25, -0.2) is 0 Å². The number of pyridine rings is 1. The molecule has 10 rings (SSSR count). The SMILES string of the molecule is CC1(C)c2ccccc2C([n+]2ccc3c4ccc(N5c6ccccc6C(C)(C)c6ccccc65)cc4c4nccnc4c3c2)c2ccccc21. The van der Waals surface area contributed by atoms with Crippen LogP contribution in [0.25, 0.3) is 32.6 Å². The molecule has 3 heterocycles. The van der Waals surface area contributed by atoms with E-state index in [1.54, 1.807) is 0 Å². The van der Waals surface area contributed by atoms with E-state index in [-0.39, 0.29) is 16.9 Å². The number of anilines is 3. The molecule has 1 aliphatic carbocycles. The van der Waals surface area contributed by atoms with Crippen LogP contribution in [0.15, 0.2) is 146 Å². The summed E-state index contributed by atoms with van der Waals surface area (Å²) in [5.41, 5.74) is 13.2. The number of fused-ring (bicyclic) bond motifs is 10. The molecule has 4 nitrogen and oxygen atoms in total. The summed E-state index contributed by atoms with van der Waals surface area (Å²) in [5.74, 6) is 0. The summed E-state index contributed by atoms with van der Waals surface area (Å²) in [6, 6.07) is 44.7. The Morgan fingerprint density at radius 2 is 1.02 bits per heavy atom. The van der Waals surface area contributed by atoms with Crippen LogP contribution in [0.1, 0.15) is 67.1 Å².